The SMILES string of the molecule is O=C1CC(CS(=O)(=O)F)CN1CCC1=CCCCC1. The number of allylic oxidation sites excluding steroid dienone is 1. The van der Waals surface area contributed by atoms with Crippen molar-refractivity contribution in [2.45, 2.75) is 38.5 Å². The monoisotopic (exact) mass is 289 g/mol. The molecule has 0 spiro atoms. The maximum absolute atomic E-state index is 12.6. The predicted octanol–water partition coefficient (Wildman–Crippen LogP) is 2.02. The van der Waals surface area contributed by atoms with Crippen LogP contribution in [0.1, 0.15) is 38.5 Å². The first kappa shape index (κ1) is 14.5. The lowest BCUT2D eigenvalue weighted by atomic mass is 9.97. The first-order valence-electron chi connectivity index (χ1n) is 6.82. The van der Waals surface area contributed by atoms with E-state index in [0.717, 1.165) is 19.3 Å². The maximum atomic E-state index is 12.6. The average molecular weight is 289 g/mol. The Labute approximate surface area is 113 Å². The summed E-state index contributed by atoms with van der Waals surface area (Å²) in [7, 11) is -4.48. The smallest absolute Gasteiger partial charge is 0.302 e. The van der Waals surface area contributed by atoms with Crippen LogP contribution in [0.3, 0.4) is 0 Å². The van der Waals surface area contributed by atoms with Crippen LogP contribution >= 0.6 is 0 Å². The molecule has 1 fully saturated rings. The fourth-order valence-corrected chi connectivity index (χ4v) is 3.66. The van der Waals surface area contributed by atoms with Crippen molar-refractivity contribution >= 4 is 16.1 Å². The highest BCUT2D eigenvalue weighted by Crippen LogP contribution is 2.24. The molecule has 2 rings (SSSR count). The molecule has 1 atom stereocenters. The molecule has 1 heterocycles. The average Bonchev–Trinajstić information content (AvgIpc) is 2.66. The van der Waals surface area contributed by atoms with Gasteiger partial charge in [0.25, 0.3) is 0 Å². The van der Waals surface area contributed by atoms with Gasteiger partial charge in [-0.25, -0.2) is 0 Å². The van der Waals surface area contributed by atoms with Crippen LogP contribution in [0.25, 0.3) is 0 Å². The van der Waals surface area contributed by atoms with E-state index in [4.69, 9.17) is 0 Å². The van der Waals surface area contributed by atoms with Crippen LogP contribution in [-0.4, -0.2) is 38.1 Å². The van der Waals surface area contributed by atoms with Gasteiger partial charge in [0, 0.05) is 25.4 Å². The van der Waals surface area contributed by atoms with Crippen LogP contribution in [0.4, 0.5) is 3.89 Å². The standard InChI is InChI=1S/C13H20FNO3S/c14-19(17,18)10-12-8-13(16)15(9-12)7-6-11-4-2-1-3-5-11/h4,12H,1-3,5-10H2. The van der Waals surface area contributed by atoms with E-state index in [9.17, 15) is 17.1 Å². The molecule has 6 heteroatoms. The molecule has 0 radical (unpaired) electrons. The summed E-state index contributed by atoms with van der Waals surface area (Å²) in [6, 6.07) is 0. The number of likely N-dealkylation sites (tertiary alicyclic amines) is 1. The molecular weight excluding hydrogens is 269 g/mol. The van der Waals surface area contributed by atoms with Crippen molar-refractivity contribution in [2.75, 3.05) is 18.8 Å². The number of nitrogens with zero attached hydrogens (tertiary/aromatic N) is 1. The van der Waals surface area contributed by atoms with Crippen molar-refractivity contribution in [3.63, 3.8) is 0 Å². The number of hydrogen-bond donors (Lipinski definition) is 0. The van der Waals surface area contributed by atoms with Gasteiger partial charge in [0.15, 0.2) is 0 Å². The maximum Gasteiger partial charge on any atom is 0.302 e. The second-order valence-electron chi connectivity index (χ2n) is 5.47. The van der Waals surface area contributed by atoms with Crippen LogP contribution < -0.4 is 0 Å². The van der Waals surface area contributed by atoms with Crippen LogP contribution in [0.5, 0.6) is 0 Å². The summed E-state index contributed by atoms with van der Waals surface area (Å²) in [5, 5.41) is 0. The molecule has 1 unspecified atom stereocenters. The molecule has 0 aromatic carbocycles. The van der Waals surface area contributed by atoms with Crippen LogP contribution in [-0.2, 0) is 15.0 Å². The zero-order chi connectivity index (χ0) is 13.9. The molecule has 1 aliphatic heterocycles. The molecule has 108 valence electrons. The van der Waals surface area contributed by atoms with Gasteiger partial charge in [0.05, 0.1) is 5.75 Å². The molecule has 0 aromatic rings. The quantitative estimate of drug-likeness (QED) is 0.575. The van der Waals surface area contributed by atoms with E-state index in [1.165, 1.54) is 18.4 Å². The zero-order valence-corrected chi connectivity index (χ0v) is 11.8. The predicted molar refractivity (Wildman–Crippen MR) is 70.7 cm³/mol. The van der Waals surface area contributed by atoms with Crippen molar-refractivity contribution in [3.05, 3.63) is 11.6 Å². The first-order chi connectivity index (χ1) is 8.94. The van der Waals surface area contributed by atoms with Crippen molar-refractivity contribution in [1.29, 1.82) is 0 Å². The summed E-state index contributed by atoms with van der Waals surface area (Å²) < 4.78 is 33.8. The van der Waals surface area contributed by atoms with Crippen molar-refractivity contribution in [3.8, 4) is 0 Å². The number of rotatable bonds is 5. The summed E-state index contributed by atoms with van der Waals surface area (Å²) in [4.78, 5) is 13.4. The third-order valence-corrected chi connectivity index (χ3v) is 4.69. The molecule has 2 aliphatic rings. The second kappa shape index (κ2) is 6.03. The zero-order valence-electron chi connectivity index (χ0n) is 11.0. The third-order valence-electron chi connectivity index (χ3n) is 3.82. The third kappa shape index (κ3) is 4.60. The molecular formula is C13H20FNO3S. The minimum Gasteiger partial charge on any atom is -0.342 e. The Bertz CT molecular complexity index is 472. The minimum atomic E-state index is -4.48. The highest BCUT2D eigenvalue weighted by atomic mass is 32.3. The minimum absolute atomic E-state index is 0.0509. The fraction of sp³-hybridized carbons (Fsp3) is 0.769. The Hall–Kier alpha value is -0.910. The summed E-state index contributed by atoms with van der Waals surface area (Å²) in [5.74, 6) is -0.967. The number of carbonyl (C=O) groups is 1. The van der Waals surface area contributed by atoms with Crippen LogP contribution in [0, 0.1) is 5.92 Å². The van der Waals surface area contributed by atoms with Crippen molar-refractivity contribution < 1.29 is 17.1 Å². The Balaban J connectivity index is 1.81. The van der Waals surface area contributed by atoms with E-state index >= 15 is 0 Å². The van der Waals surface area contributed by atoms with Gasteiger partial charge < -0.3 is 4.90 Å². The lowest BCUT2D eigenvalue weighted by Gasteiger charge is -2.19. The van der Waals surface area contributed by atoms with E-state index in [-0.39, 0.29) is 18.2 Å². The van der Waals surface area contributed by atoms with Crippen molar-refractivity contribution in [1.82, 2.24) is 4.90 Å². The first-order valence-corrected chi connectivity index (χ1v) is 8.37. The van der Waals surface area contributed by atoms with E-state index in [1.54, 1.807) is 4.90 Å². The van der Waals surface area contributed by atoms with Crippen LogP contribution in [0.15, 0.2) is 11.6 Å². The molecule has 1 saturated heterocycles. The Morgan fingerprint density at radius 3 is 2.79 bits per heavy atom. The molecule has 19 heavy (non-hydrogen) atoms. The molecule has 4 nitrogen and oxygen atoms in total. The number of carbonyl (C=O) groups excluding carboxylic acids is 1. The van der Waals surface area contributed by atoms with Gasteiger partial charge in [-0.1, -0.05) is 11.6 Å². The van der Waals surface area contributed by atoms with E-state index < -0.39 is 16.0 Å². The topological polar surface area (TPSA) is 54.5 Å². The summed E-state index contributed by atoms with van der Waals surface area (Å²) in [6.07, 6.45) is 7.93. The molecule has 1 amide bonds. The number of amides is 1. The number of halogens is 1. The fourth-order valence-electron chi connectivity index (χ4n) is 2.87. The lowest BCUT2D eigenvalue weighted by molar-refractivity contribution is -0.127. The Morgan fingerprint density at radius 2 is 2.16 bits per heavy atom. The molecule has 0 bridgehead atoms. The Morgan fingerprint density at radius 1 is 1.37 bits per heavy atom. The Kier molecular flexibility index (Phi) is 4.60. The summed E-state index contributed by atoms with van der Waals surface area (Å²) >= 11 is 0. The number of hydrogen-bond acceptors (Lipinski definition) is 3. The summed E-state index contributed by atoms with van der Waals surface area (Å²) in [5.41, 5.74) is 1.39. The molecule has 0 aromatic heterocycles. The lowest BCUT2D eigenvalue weighted by Crippen LogP contribution is -2.27. The van der Waals surface area contributed by atoms with Gasteiger partial charge in [-0.2, -0.15) is 8.42 Å². The van der Waals surface area contributed by atoms with Gasteiger partial charge >= 0.3 is 10.2 Å². The van der Waals surface area contributed by atoms with E-state index in [1.807, 2.05) is 0 Å². The second-order valence-corrected chi connectivity index (χ2v) is 6.88. The van der Waals surface area contributed by atoms with Gasteiger partial charge in [-0.05, 0) is 32.1 Å². The highest BCUT2D eigenvalue weighted by molar-refractivity contribution is 7.86. The normalized spacial score (nSPS) is 24.7. The largest absolute Gasteiger partial charge is 0.342 e. The van der Waals surface area contributed by atoms with E-state index in [0.29, 0.717) is 13.1 Å². The molecule has 0 N–H and O–H groups in total. The van der Waals surface area contributed by atoms with Crippen molar-refractivity contribution in [2.24, 2.45) is 5.92 Å². The van der Waals surface area contributed by atoms with Gasteiger partial charge in [-0.15, -0.1) is 3.89 Å². The molecule has 0 saturated carbocycles. The van der Waals surface area contributed by atoms with E-state index in [2.05, 4.69) is 6.08 Å². The van der Waals surface area contributed by atoms with Crippen LogP contribution in [0.2, 0.25) is 0 Å². The summed E-state index contributed by atoms with van der Waals surface area (Å²) in [6.45, 7) is 1.00. The van der Waals surface area contributed by atoms with Gasteiger partial charge in [0.1, 0.15) is 0 Å². The molecule has 1 aliphatic carbocycles. The highest BCUT2D eigenvalue weighted by Gasteiger charge is 2.32. The van der Waals surface area contributed by atoms with Gasteiger partial charge in [-0.3, -0.25) is 4.79 Å². The van der Waals surface area contributed by atoms with Gasteiger partial charge in [0.2, 0.25) is 5.91 Å².